The first-order valence-corrected chi connectivity index (χ1v) is 13.8. The van der Waals surface area contributed by atoms with E-state index in [0.717, 1.165) is 6.42 Å². The Morgan fingerprint density at radius 2 is 1.53 bits per heavy atom. The van der Waals surface area contributed by atoms with E-state index in [1.807, 2.05) is 0 Å². The highest BCUT2D eigenvalue weighted by molar-refractivity contribution is 5.33. The van der Waals surface area contributed by atoms with E-state index in [0.29, 0.717) is 40.6 Å². The van der Waals surface area contributed by atoms with E-state index in [2.05, 4.69) is 54.5 Å². The Hall–Kier alpha value is -0.340. The lowest BCUT2D eigenvalue weighted by Crippen LogP contribution is -2.64. The summed E-state index contributed by atoms with van der Waals surface area (Å²) in [6.45, 7) is 17.8. The molecule has 9 atom stereocenters. The number of fused-ring (bicyclic) bond motifs is 7. The van der Waals surface area contributed by atoms with Gasteiger partial charge in [-0.2, -0.15) is 0 Å². The lowest BCUT2D eigenvalue weighted by molar-refractivity contribution is -0.203. The maximum absolute atomic E-state index is 10.9. The lowest BCUT2D eigenvalue weighted by atomic mass is 9.33. The average molecular weight is 443 g/mol. The average Bonchev–Trinajstić information content (AvgIpc) is 2.73. The van der Waals surface area contributed by atoms with Crippen molar-refractivity contribution in [2.75, 3.05) is 6.61 Å². The van der Waals surface area contributed by atoms with Gasteiger partial charge in [0.25, 0.3) is 0 Å². The van der Waals surface area contributed by atoms with Crippen molar-refractivity contribution in [2.24, 2.45) is 50.2 Å². The monoisotopic (exact) mass is 442 g/mol. The molecule has 0 saturated heterocycles. The van der Waals surface area contributed by atoms with E-state index in [1.54, 1.807) is 5.57 Å². The summed E-state index contributed by atoms with van der Waals surface area (Å²) in [4.78, 5) is 0. The molecule has 5 aliphatic carbocycles. The van der Waals surface area contributed by atoms with Crippen molar-refractivity contribution >= 4 is 0 Å². The summed E-state index contributed by atoms with van der Waals surface area (Å²) in [6.07, 6.45) is 14.8. The van der Waals surface area contributed by atoms with Crippen LogP contribution < -0.4 is 0 Å². The highest BCUT2D eigenvalue weighted by atomic mass is 16.3. The van der Waals surface area contributed by atoms with Crippen molar-refractivity contribution < 1.29 is 10.2 Å². The van der Waals surface area contributed by atoms with Crippen LogP contribution in [-0.4, -0.2) is 22.9 Å². The highest BCUT2D eigenvalue weighted by Crippen LogP contribution is 2.75. The maximum Gasteiger partial charge on any atom is 0.0594 e. The molecule has 2 heteroatoms. The number of hydrogen-bond donors (Lipinski definition) is 2. The lowest BCUT2D eigenvalue weighted by Gasteiger charge is -2.71. The minimum Gasteiger partial charge on any atom is -0.396 e. The smallest absolute Gasteiger partial charge is 0.0594 e. The van der Waals surface area contributed by atoms with Crippen LogP contribution in [0.2, 0.25) is 0 Å². The fourth-order valence-electron chi connectivity index (χ4n) is 10.6. The zero-order chi connectivity index (χ0) is 23.4. The van der Waals surface area contributed by atoms with Gasteiger partial charge in [-0.15, -0.1) is 0 Å². The second-order valence-electron chi connectivity index (χ2n) is 15.0. The van der Waals surface area contributed by atoms with Crippen LogP contribution in [-0.2, 0) is 0 Å². The van der Waals surface area contributed by atoms with Gasteiger partial charge in [0.2, 0.25) is 0 Å². The Morgan fingerprint density at radius 1 is 0.844 bits per heavy atom. The molecule has 4 fully saturated rings. The fourth-order valence-corrected chi connectivity index (χ4v) is 10.6. The van der Waals surface area contributed by atoms with Crippen molar-refractivity contribution in [3.05, 3.63) is 11.6 Å². The molecule has 0 aromatic rings. The Bertz CT molecular complexity index is 814. The molecule has 0 aromatic carbocycles. The molecule has 0 heterocycles. The molecule has 0 spiro atoms. The highest BCUT2D eigenvalue weighted by Gasteiger charge is 2.67. The molecule has 0 aliphatic heterocycles. The van der Waals surface area contributed by atoms with Crippen molar-refractivity contribution in [1.29, 1.82) is 0 Å². The quantitative estimate of drug-likeness (QED) is 0.424. The summed E-state index contributed by atoms with van der Waals surface area (Å²) in [6, 6.07) is 0. The molecule has 32 heavy (non-hydrogen) atoms. The number of rotatable bonds is 1. The Labute approximate surface area is 197 Å². The molecule has 2 N–H and O–H groups in total. The van der Waals surface area contributed by atoms with Crippen LogP contribution >= 0.6 is 0 Å². The Balaban J connectivity index is 1.56. The SMILES string of the molecule is CC1(C)C(O)CC[C@@]2(C)C1CC[C@]1(C)C2CC=C2C3C[C@@](C)(CO)CC[C@]3(C)CC[C@@]21C. The summed E-state index contributed by atoms with van der Waals surface area (Å²) in [5, 5.41) is 21.1. The van der Waals surface area contributed by atoms with Gasteiger partial charge in [0.05, 0.1) is 6.10 Å². The molecular weight excluding hydrogens is 392 g/mol. The number of hydrogen-bond acceptors (Lipinski definition) is 2. The fraction of sp³-hybridized carbons (Fsp3) is 0.933. The van der Waals surface area contributed by atoms with Crippen LogP contribution in [0.5, 0.6) is 0 Å². The second kappa shape index (κ2) is 6.87. The van der Waals surface area contributed by atoms with Gasteiger partial charge in [-0.05, 0) is 114 Å². The van der Waals surface area contributed by atoms with E-state index in [4.69, 9.17) is 0 Å². The standard InChI is InChI=1S/C30H50O2/c1-25(2)22-10-13-30(7)23(28(22,5)12-11-24(25)32)9-8-20-21-18-26(3,19-31)14-15-27(21,4)16-17-29(20,30)6/h8,21-24,31-32H,9-19H2,1-7H3/t21?,22?,23?,24?,26-,27+,28-,29-,30+/m0/s1. The van der Waals surface area contributed by atoms with Crippen molar-refractivity contribution in [3.63, 3.8) is 0 Å². The largest absolute Gasteiger partial charge is 0.396 e. The maximum atomic E-state index is 10.9. The van der Waals surface area contributed by atoms with Crippen molar-refractivity contribution in [3.8, 4) is 0 Å². The second-order valence-corrected chi connectivity index (χ2v) is 15.0. The van der Waals surface area contributed by atoms with Crippen LogP contribution in [0.25, 0.3) is 0 Å². The Morgan fingerprint density at radius 3 is 2.22 bits per heavy atom. The van der Waals surface area contributed by atoms with E-state index >= 15 is 0 Å². The first kappa shape index (κ1) is 23.4. The zero-order valence-corrected chi connectivity index (χ0v) is 22.1. The van der Waals surface area contributed by atoms with Gasteiger partial charge >= 0.3 is 0 Å². The first-order valence-electron chi connectivity index (χ1n) is 13.8. The number of aliphatic hydroxyl groups excluding tert-OH is 2. The molecule has 2 nitrogen and oxygen atoms in total. The molecule has 5 aliphatic rings. The molecule has 4 saturated carbocycles. The van der Waals surface area contributed by atoms with E-state index in [1.165, 1.54) is 57.8 Å². The van der Waals surface area contributed by atoms with Gasteiger partial charge in [0.15, 0.2) is 0 Å². The van der Waals surface area contributed by atoms with Gasteiger partial charge in [-0.3, -0.25) is 0 Å². The van der Waals surface area contributed by atoms with Crippen LogP contribution in [0.1, 0.15) is 113 Å². The summed E-state index contributed by atoms with van der Waals surface area (Å²) in [5.41, 5.74) is 3.26. The molecule has 0 radical (unpaired) electrons. The molecule has 182 valence electrons. The van der Waals surface area contributed by atoms with E-state index in [-0.39, 0.29) is 22.3 Å². The summed E-state index contributed by atoms with van der Waals surface area (Å²) in [5.74, 6) is 1.98. The minimum atomic E-state index is -0.149. The number of allylic oxidation sites excluding steroid dienone is 2. The van der Waals surface area contributed by atoms with Crippen LogP contribution in [0, 0.1) is 50.2 Å². The molecule has 4 unspecified atom stereocenters. The first-order chi connectivity index (χ1) is 14.8. The van der Waals surface area contributed by atoms with E-state index in [9.17, 15) is 10.2 Å². The third-order valence-electron chi connectivity index (χ3n) is 13.3. The van der Waals surface area contributed by atoms with Gasteiger partial charge in [-0.25, -0.2) is 0 Å². The van der Waals surface area contributed by atoms with Gasteiger partial charge in [0, 0.05) is 6.61 Å². The molecule has 0 aromatic heterocycles. The molecular formula is C30H50O2. The molecule has 5 rings (SSSR count). The van der Waals surface area contributed by atoms with Crippen LogP contribution in [0.4, 0.5) is 0 Å². The predicted octanol–water partition coefficient (Wildman–Crippen LogP) is 7.14. The third kappa shape index (κ3) is 2.78. The molecule has 0 amide bonds. The third-order valence-corrected chi connectivity index (χ3v) is 13.3. The summed E-state index contributed by atoms with van der Waals surface area (Å²) in [7, 11) is 0. The van der Waals surface area contributed by atoms with Crippen molar-refractivity contribution in [2.45, 2.75) is 119 Å². The van der Waals surface area contributed by atoms with Gasteiger partial charge < -0.3 is 10.2 Å². The zero-order valence-electron chi connectivity index (χ0n) is 22.1. The Kier molecular flexibility index (Phi) is 5.02. The van der Waals surface area contributed by atoms with Crippen molar-refractivity contribution in [1.82, 2.24) is 0 Å². The summed E-state index contributed by atoms with van der Waals surface area (Å²) >= 11 is 0. The molecule has 0 bridgehead atoms. The van der Waals surface area contributed by atoms with Crippen LogP contribution in [0.3, 0.4) is 0 Å². The van der Waals surface area contributed by atoms with Gasteiger partial charge in [-0.1, -0.05) is 60.1 Å². The van der Waals surface area contributed by atoms with Crippen LogP contribution in [0.15, 0.2) is 11.6 Å². The topological polar surface area (TPSA) is 40.5 Å². The number of aliphatic hydroxyl groups is 2. The van der Waals surface area contributed by atoms with Gasteiger partial charge in [0.1, 0.15) is 0 Å². The van der Waals surface area contributed by atoms with E-state index < -0.39 is 0 Å². The normalized spacial score (nSPS) is 56.8. The predicted molar refractivity (Wildman–Crippen MR) is 132 cm³/mol. The summed E-state index contributed by atoms with van der Waals surface area (Å²) < 4.78 is 0. The minimum absolute atomic E-state index is 0.0245.